The van der Waals surface area contributed by atoms with Crippen LogP contribution in [0, 0.1) is 13.8 Å². The van der Waals surface area contributed by atoms with Gasteiger partial charge in [-0.3, -0.25) is 4.49 Å². The summed E-state index contributed by atoms with van der Waals surface area (Å²) < 4.78 is 2.64. The fourth-order valence-electron chi connectivity index (χ4n) is 7.27. The maximum absolute atomic E-state index is 3.78. The highest BCUT2D eigenvalue weighted by molar-refractivity contribution is 6.79. The molecule has 0 fully saturated rings. The van der Waals surface area contributed by atoms with Gasteiger partial charge in [0.1, 0.15) is 0 Å². The summed E-state index contributed by atoms with van der Waals surface area (Å²) >= 11 is 0. The number of nitrogens with one attached hydrogen (secondary N) is 1. The Labute approximate surface area is 245 Å². The zero-order valence-corrected chi connectivity index (χ0v) is 25.5. The minimum absolute atomic E-state index is 0.0372. The minimum Gasteiger partial charge on any atom is -0.358 e. The molecule has 1 aromatic heterocycles. The molecule has 0 unspecified atom stereocenters. The molecule has 6 rings (SSSR count). The predicted octanol–water partition coefficient (Wildman–Crippen LogP) is 8.25. The van der Waals surface area contributed by atoms with Gasteiger partial charge in [0, 0.05) is 40.3 Å². The molecule has 1 aliphatic heterocycles. The van der Waals surface area contributed by atoms with Gasteiger partial charge >= 0.3 is 6.85 Å². The van der Waals surface area contributed by atoms with Crippen LogP contribution in [0.1, 0.15) is 63.6 Å². The average molecular weight is 536 g/mol. The first-order chi connectivity index (χ1) is 19.8. The summed E-state index contributed by atoms with van der Waals surface area (Å²) in [6.45, 7) is 16.0. The Balaban J connectivity index is 1.66. The van der Waals surface area contributed by atoms with E-state index in [1.54, 1.807) is 0 Å². The van der Waals surface area contributed by atoms with Gasteiger partial charge in [-0.15, -0.1) is 0 Å². The lowest BCUT2D eigenvalue weighted by Gasteiger charge is -2.17. The Kier molecular flexibility index (Phi) is 7.07. The maximum Gasteiger partial charge on any atom is 0.559 e. The number of rotatable bonds is 6. The van der Waals surface area contributed by atoms with Crippen LogP contribution in [0.15, 0.2) is 102 Å². The maximum atomic E-state index is 3.78. The van der Waals surface area contributed by atoms with E-state index in [1.165, 1.54) is 83.1 Å². The van der Waals surface area contributed by atoms with Gasteiger partial charge in [0.05, 0.1) is 5.69 Å². The van der Waals surface area contributed by atoms with E-state index in [-0.39, 0.29) is 6.85 Å². The van der Waals surface area contributed by atoms with Gasteiger partial charge in [-0.1, -0.05) is 98.8 Å². The van der Waals surface area contributed by atoms with Crippen LogP contribution in [-0.2, 0) is 6.42 Å². The van der Waals surface area contributed by atoms with Gasteiger partial charge in [0.15, 0.2) is 11.4 Å². The van der Waals surface area contributed by atoms with Crippen LogP contribution in [-0.4, -0.2) is 22.0 Å². The van der Waals surface area contributed by atoms with Crippen molar-refractivity contribution in [3.8, 4) is 0 Å². The summed E-state index contributed by atoms with van der Waals surface area (Å²) in [6, 6.07) is 31.4. The first-order valence-electron chi connectivity index (χ1n) is 15.0. The van der Waals surface area contributed by atoms with E-state index in [0.29, 0.717) is 0 Å². The third-order valence-corrected chi connectivity index (χ3v) is 9.31. The van der Waals surface area contributed by atoms with Crippen LogP contribution in [0.2, 0.25) is 0 Å². The van der Waals surface area contributed by atoms with Crippen LogP contribution in [0.4, 0.5) is 0 Å². The Morgan fingerprint density at radius 1 is 0.707 bits per heavy atom. The predicted molar refractivity (Wildman–Crippen MR) is 179 cm³/mol. The van der Waals surface area contributed by atoms with Gasteiger partial charge in [-0.25, -0.2) is 0 Å². The summed E-state index contributed by atoms with van der Waals surface area (Å²) in [5.41, 5.74) is 14.8. The molecule has 41 heavy (non-hydrogen) atoms. The number of hydrogen-bond acceptors (Lipinski definition) is 0. The number of hydrogen-bond donors (Lipinski definition) is 1. The van der Waals surface area contributed by atoms with Gasteiger partial charge in [0.2, 0.25) is 0 Å². The molecule has 204 valence electrons. The summed E-state index contributed by atoms with van der Waals surface area (Å²) in [4.78, 5) is 3.78. The van der Waals surface area contributed by atoms with E-state index >= 15 is 0 Å². The first kappa shape index (κ1) is 27.1. The normalized spacial score (nSPS) is 15.0. The van der Waals surface area contributed by atoms with Crippen molar-refractivity contribution < 1.29 is 4.49 Å². The standard InChI is InChI=1S/C38H39BN2/c1-8-35-24(3)37(40-27(35)6)26(5)38-25(4)36(9-2)28(7)41(38)39(33-20-18-29-14-10-12-16-31(29)22-33)34-21-19-30-15-11-13-17-32(30)23-34/h10-23H,8-9H2,1-7H3/p+1. The Morgan fingerprint density at radius 3 is 1.73 bits per heavy atom. The highest BCUT2D eigenvalue weighted by Gasteiger charge is 2.45. The number of aryl methyl sites for hydroxylation is 1. The molecule has 0 radical (unpaired) electrons. The monoisotopic (exact) mass is 535 g/mol. The topological polar surface area (TPSA) is 18.8 Å². The number of allylic oxidation sites excluding steroid dienone is 3. The number of H-pyrrole nitrogens is 1. The molecule has 5 aromatic rings. The number of aromatic nitrogens is 1. The molecule has 0 saturated carbocycles. The van der Waals surface area contributed by atoms with E-state index in [4.69, 9.17) is 0 Å². The van der Waals surface area contributed by atoms with Gasteiger partial charge in [-0.2, -0.15) is 0 Å². The van der Waals surface area contributed by atoms with Gasteiger partial charge in [-0.05, 0) is 73.2 Å². The molecule has 1 aliphatic rings. The van der Waals surface area contributed by atoms with E-state index in [2.05, 4.69) is 143 Å². The van der Waals surface area contributed by atoms with Crippen LogP contribution in [0.3, 0.4) is 0 Å². The molecule has 0 aliphatic carbocycles. The SMILES string of the molecule is CCC1=C(C)/C(=C(\C)c2[nH]c(C)c(CC)c2C)[N+](B(c2ccc3ccccc3c2)c2ccc3ccccc3c2)=C1C. The second kappa shape index (κ2) is 10.7. The molecule has 4 aromatic carbocycles. The average Bonchev–Trinajstić information content (AvgIpc) is 3.42. The van der Waals surface area contributed by atoms with Crippen molar-refractivity contribution in [3.05, 3.63) is 124 Å². The lowest BCUT2D eigenvalue weighted by molar-refractivity contribution is -0.315. The van der Waals surface area contributed by atoms with Crippen molar-refractivity contribution in [2.75, 3.05) is 0 Å². The molecule has 0 amide bonds. The van der Waals surface area contributed by atoms with Crippen LogP contribution in [0.25, 0.3) is 27.1 Å². The van der Waals surface area contributed by atoms with Crippen molar-refractivity contribution in [2.45, 2.75) is 61.3 Å². The van der Waals surface area contributed by atoms with Crippen LogP contribution >= 0.6 is 0 Å². The molecule has 3 heteroatoms. The van der Waals surface area contributed by atoms with E-state index in [0.717, 1.165) is 12.8 Å². The molecule has 0 atom stereocenters. The highest BCUT2D eigenvalue weighted by Crippen LogP contribution is 2.35. The third kappa shape index (κ3) is 4.48. The van der Waals surface area contributed by atoms with E-state index in [1.807, 2.05) is 0 Å². The van der Waals surface area contributed by atoms with Crippen molar-refractivity contribution in [2.24, 2.45) is 0 Å². The summed E-state index contributed by atoms with van der Waals surface area (Å²) in [5, 5.41) is 5.10. The zero-order valence-electron chi connectivity index (χ0n) is 25.5. The van der Waals surface area contributed by atoms with E-state index in [9.17, 15) is 0 Å². The molecule has 0 spiro atoms. The Morgan fingerprint density at radius 2 is 1.24 bits per heavy atom. The van der Waals surface area contributed by atoms with Gasteiger partial charge in [0.25, 0.3) is 0 Å². The largest absolute Gasteiger partial charge is 0.559 e. The summed E-state index contributed by atoms with van der Waals surface area (Å²) in [5.74, 6) is 0. The van der Waals surface area contributed by atoms with Crippen LogP contribution < -0.4 is 10.9 Å². The molecule has 0 bridgehead atoms. The highest BCUT2D eigenvalue weighted by atomic mass is 15.0. The number of fused-ring (bicyclic) bond motifs is 2. The molecule has 1 N–H and O–H groups in total. The smallest absolute Gasteiger partial charge is 0.358 e. The lowest BCUT2D eigenvalue weighted by Crippen LogP contribution is -2.52. The van der Waals surface area contributed by atoms with Crippen molar-refractivity contribution in [1.82, 2.24) is 4.98 Å². The molecule has 2 heterocycles. The molecule has 0 saturated heterocycles. The zero-order chi connectivity index (χ0) is 28.8. The Bertz CT molecular complexity index is 1830. The van der Waals surface area contributed by atoms with Gasteiger partial charge < -0.3 is 4.98 Å². The fraction of sp³-hybridized carbons (Fsp3) is 0.237. The summed E-state index contributed by atoms with van der Waals surface area (Å²) in [7, 11) is 0. The first-order valence-corrected chi connectivity index (χ1v) is 15.0. The third-order valence-electron chi connectivity index (χ3n) is 9.31. The molecular weight excluding hydrogens is 495 g/mol. The Hall–Kier alpha value is -4.11. The second-order valence-corrected chi connectivity index (χ2v) is 11.6. The van der Waals surface area contributed by atoms with Crippen molar-refractivity contribution in [1.29, 1.82) is 0 Å². The van der Waals surface area contributed by atoms with Crippen LogP contribution in [0.5, 0.6) is 0 Å². The second-order valence-electron chi connectivity index (χ2n) is 11.6. The minimum atomic E-state index is 0.0372. The lowest BCUT2D eigenvalue weighted by atomic mass is 9.49. The van der Waals surface area contributed by atoms with Crippen molar-refractivity contribution in [3.63, 3.8) is 0 Å². The molecule has 2 nitrogen and oxygen atoms in total. The molecular formula is C38H40BN2+. The number of aromatic amines is 1. The summed E-state index contributed by atoms with van der Waals surface area (Å²) in [6.07, 6.45) is 2.05. The number of nitrogens with zero attached hydrogens (tertiary/aromatic N) is 1. The number of benzene rings is 4. The fourth-order valence-corrected chi connectivity index (χ4v) is 7.27. The van der Waals surface area contributed by atoms with Crippen molar-refractivity contribution >= 4 is 50.6 Å². The quantitative estimate of drug-likeness (QED) is 0.211. The van der Waals surface area contributed by atoms with E-state index < -0.39 is 0 Å².